The van der Waals surface area contributed by atoms with Gasteiger partial charge < -0.3 is 4.74 Å². The highest BCUT2D eigenvalue weighted by Gasteiger charge is 2.08. The van der Waals surface area contributed by atoms with Crippen LogP contribution in [0.1, 0.15) is 32.3 Å². The topological polar surface area (TPSA) is 26.3 Å². The normalized spacial score (nSPS) is 10.0. The molecule has 0 bridgehead atoms. The molecule has 18 heavy (non-hydrogen) atoms. The van der Waals surface area contributed by atoms with Crippen molar-refractivity contribution in [2.24, 2.45) is 0 Å². The predicted octanol–water partition coefficient (Wildman–Crippen LogP) is 4.21. The van der Waals surface area contributed by atoms with E-state index in [4.69, 9.17) is 16.3 Å². The first-order chi connectivity index (χ1) is 8.60. The van der Waals surface area contributed by atoms with E-state index in [1.807, 2.05) is 0 Å². The molecule has 1 aromatic rings. The summed E-state index contributed by atoms with van der Waals surface area (Å²) < 4.78 is 5.23. The lowest BCUT2D eigenvalue weighted by Crippen LogP contribution is -2.02. The van der Waals surface area contributed by atoms with Gasteiger partial charge in [0.25, 0.3) is 0 Å². The van der Waals surface area contributed by atoms with Crippen molar-refractivity contribution in [3.8, 4) is 5.75 Å². The molecule has 3 heteroatoms. The zero-order valence-electron chi connectivity index (χ0n) is 11.1. The fraction of sp³-hybridized carbons (Fsp3) is 0.400. The number of ether oxygens (including phenoxy) is 1. The van der Waals surface area contributed by atoms with Gasteiger partial charge in [-0.15, -0.1) is 0 Å². The molecule has 1 aromatic carbocycles. The molecule has 0 spiro atoms. The van der Waals surface area contributed by atoms with Gasteiger partial charge >= 0.3 is 0 Å². The molecule has 0 saturated carbocycles. The highest BCUT2D eigenvalue weighted by Crippen LogP contribution is 2.23. The lowest BCUT2D eigenvalue weighted by atomic mass is 10.0. The Morgan fingerprint density at radius 2 is 2.00 bits per heavy atom. The van der Waals surface area contributed by atoms with Crippen molar-refractivity contribution in [3.63, 3.8) is 0 Å². The summed E-state index contributed by atoms with van der Waals surface area (Å²) in [5.41, 5.74) is 2.00. The first-order valence-electron chi connectivity index (χ1n) is 6.15. The highest BCUT2D eigenvalue weighted by atomic mass is 35.5. The lowest BCUT2D eigenvalue weighted by Gasteiger charge is -2.07. The average Bonchev–Trinajstić information content (AvgIpc) is 2.36. The summed E-state index contributed by atoms with van der Waals surface area (Å²) in [5, 5.41) is 0.619. The van der Waals surface area contributed by atoms with E-state index < -0.39 is 0 Å². The third kappa shape index (κ3) is 4.19. The minimum atomic E-state index is 0.0919. The van der Waals surface area contributed by atoms with Crippen LogP contribution in [-0.2, 0) is 11.2 Å². The van der Waals surface area contributed by atoms with Crippen molar-refractivity contribution in [1.82, 2.24) is 0 Å². The smallest absolute Gasteiger partial charge is 0.160 e. The zero-order valence-corrected chi connectivity index (χ0v) is 11.9. The number of allylic oxidation sites excluding steroid dienone is 2. The Hall–Kier alpha value is -1.28. The molecular formula is C15H19ClO2. The van der Waals surface area contributed by atoms with E-state index in [0.717, 1.165) is 18.4 Å². The van der Waals surface area contributed by atoms with Gasteiger partial charge in [0, 0.05) is 17.0 Å². The number of hydrogen-bond donors (Lipinski definition) is 0. The van der Waals surface area contributed by atoms with Crippen LogP contribution in [0.2, 0.25) is 5.02 Å². The molecule has 0 aliphatic heterocycles. The van der Waals surface area contributed by atoms with Crippen molar-refractivity contribution >= 4 is 17.4 Å². The van der Waals surface area contributed by atoms with Gasteiger partial charge in [0.2, 0.25) is 0 Å². The molecule has 0 radical (unpaired) electrons. The summed E-state index contributed by atoms with van der Waals surface area (Å²) in [6.45, 7) is 4.12. The van der Waals surface area contributed by atoms with E-state index in [9.17, 15) is 4.79 Å². The maximum absolute atomic E-state index is 11.9. The molecule has 0 aromatic heterocycles. The summed E-state index contributed by atoms with van der Waals surface area (Å²) in [5.74, 6) is 0.796. The second-order valence-electron chi connectivity index (χ2n) is 4.11. The fourth-order valence-electron chi connectivity index (χ4n) is 1.81. The molecule has 0 heterocycles. The van der Waals surface area contributed by atoms with Crippen molar-refractivity contribution < 1.29 is 9.53 Å². The van der Waals surface area contributed by atoms with Crippen LogP contribution in [0.25, 0.3) is 0 Å². The molecule has 0 unspecified atom stereocenters. The Morgan fingerprint density at radius 1 is 1.33 bits per heavy atom. The van der Waals surface area contributed by atoms with Crippen molar-refractivity contribution in [2.45, 2.75) is 33.1 Å². The van der Waals surface area contributed by atoms with E-state index in [1.54, 1.807) is 31.4 Å². The second-order valence-corrected chi connectivity index (χ2v) is 4.55. The summed E-state index contributed by atoms with van der Waals surface area (Å²) in [7, 11) is 1.59. The minimum absolute atomic E-state index is 0.0919. The summed E-state index contributed by atoms with van der Waals surface area (Å²) in [6.07, 6.45) is 3.89. The van der Waals surface area contributed by atoms with Crippen molar-refractivity contribution in [3.05, 3.63) is 40.4 Å². The Labute approximate surface area is 114 Å². The first-order valence-corrected chi connectivity index (χ1v) is 6.53. The number of halogens is 1. The third-order valence-electron chi connectivity index (χ3n) is 2.88. The van der Waals surface area contributed by atoms with Crippen LogP contribution in [0.3, 0.4) is 0 Å². The quantitative estimate of drug-likeness (QED) is 0.721. The summed E-state index contributed by atoms with van der Waals surface area (Å²) in [6, 6.07) is 5.33. The third-order valence-corrected chi connectivity index (χ3v) is 3.12. The summed E-state index contributed by atoms with van der Waals surface area (Å²) >= 11 is 5.94. The van der Waals surface area contributed by atoms with Crippen LogP contribution in [0.4, 0.5) is 0 Å². The molecule has 0 aliphatic carbocycles. The highest BCUT2D eigenvalue weighted by molar-refractivity contribution is 6.30. The van der Waals surface area contributed by atoms with Gasteiger partial charge in [0.15, 0.2) is 5.78 Å². The predicted molar refractivity (Wildman–Crippen MR) is 75.4 cm³/mol. The van der Waals surface area contributed by atoms with Gasteiger partial charge in [-0.25, -0.2) is 0 Å². The Bertz CT molecular complexity index is 444. The maximum atomic E-state index is 11.9. The molecule has 0 aliphatic rings. The lowest BCUT2D eigenvalue weighted by molar-refractivity contribution is -0.114. The molecule has 0 fully saturated rings. The number of carbonyl (C=O) groups is 1. The number of methoxy groups -OCH3 is 1. The van der Waals surface area contributed by atoms with Gasteiger partial charge in [-0.05, 0) is 37.1 Å². The van der Waals surface area contributed by atoms with E-state index in [-0.39, 0.29) is 5.78 Å². The Balaban J connectivity index is 2.87. The Kier molecular flexibility index (Phi) is 5.93. The van der Waals surface area contributed by atoms with Gasteiger partial charge in [-0.1, -0.05) is 31.0 Å². The first kappa shape index (κ1) is 14.8. The molecule has 98 valence electrons. The van der Waals surface area contributed by atoms with E-state index in [2.05, 4.69) is 13.8 Å². The van der Waals surface area contributed by atoms with Gasteiger partial charge in [-0.3, -0.25) is 4.79 Å². The standard InChI is InChI=1S/C15H19ClO2/c1-4-11(5-2)8-14(17)10-12-9-13(16)6-7-15(12)18-3/h6-9H,4-5,10H2,1-3H3. The SMILES string of the molecule is CCC(=CC(=O)Cc1cc(Cl)ccc1OC)CC. The van der Waals surface area contributed by atoms with Crippen LogP contribution >= 0.6 is 11.6 Å². The molecule has 0 saturated heterocycles. The molecular weight excluding hydrogens is 248 g/mol. The Morgan fingerprint density at radius 3 is 2.56 bits per heavy atom. The average molecular weight is 267 g/mol. The maximum Gasteiger partial charge on any atom is 0.160 e. The van der Waals surface area contributed by atoms with Crippen LogP contribution in [0.15, 0.2) is 29.8 Å². The molecule has 2 nitrogen and oxygen atoms in total. The minimum Gasteiger partial charge on any atom is -0.496 e. The van der Waals surface area contributed by atoms with Gasteiger partial charge in [-0.2, -0.15) is 0 Å². The number of rotatable bonds is 6. The van der Waals surface area contributed by atoms with E-state index >= 15 is 0 Å². The molecule has 1 rings (SSSR count). The number of ketones is 1. The molecule has 0 N–H and O–H groups in total. The van der Waals surface area contributed by atoms with Gasteiger partial charge in [0.1, 0.15) is 5.75 Å². The number of hydrogen-bond acceptors (Lipinski definition) is 2. The van der Waals surface area contributed by atoms with Crippen molar-refractivity contribution in [2.75, 3.05) is 7.11 Å². The number of benzene rings is 1. The van der Waals surface area contributed by atoms with E-state index in [0.29, 0.717) is 17.2 Å². The zero-order chi connectivity index (χ0) is 13.5. The monoisotopic (exact) mass is 266 g/mol. The molecule has 0 atom stereocenters. The van der Waals surface area contributed by atoms with Crippen LogP contribution in [-0.4, -0.2) is 12.9 Å². The van der Waals surface area contributed by atoms with Crippen LogP contribution in [0, 0.1) is 0 Å². The van der Waals surface area contributed by atoms with Crippen molar-refractivity contribution in [1.29, 1.82) is 0 Å². The second kappa shape index (κ2) is 7.22. The van der Waals surface area contributed by atoms with Crippen LogP contribution in [0.5, 0.6) is 5.75 Å². The van der Waals surface area contributed by atoms with Crippen LogP contribution < -0.4 is 4.74 Å². The number of carbonyl (C=O) groups excluding carboxylic acids is 1. The largest absolute Gasteiger partial charge is 0.496 e. The fourth-order valence-corrected chi connectivity index (χ4v) is 2.00. The van der Waals surface area contributed by atoms with Gasteiger partial charge in [0.05, 0.1) is 7.11 Å². The van der Waals surface area contributed by atoms with E-state index in [1.165, 1.54) is 5.57 Å². The molecule has 0 amide bonds. The summed E-state index contributed by atoms with van der Waals surface area (Å²) in [4.78, 5) is 11.9.